The lowest BCUT2D eigenvalue weighted by Crippen LogP contribution is -2.19. The standard InChI is InChI=1S/C14H12F2N2O2S/c1-21(19,20)18-17-14(10-4-2-6-12(15)8-10)11-5-3-7-13(16)9-11/h2-9,18H,1H3. The van der Waals surface area contributed by atoms with Crippen LogP contribution in [-0.2, 0) is 10.0 Å². The predicted octanol–water partition coefficient (Wildman–Crippen LogP) is 2.27. The molecule has 21 heavy (non-hydrogen) atoms. The molecule has 0 bridgehead atoms. The Morgan fingerprint density at radius 2 is 1.48 bits per heavy atom. The highest BCUT2D eigenvalue weighted by Crippen LogP contribution is 2.13. The van der Waals surface area contributed by atoms with Gasteiger partial charge in [-0.15, -0.1) is 0 Å². The van der Waals surface area contributed by atoms with Gasteiger partial charge in [0.05, 0.1) is 12.0 Å². The maximum Gasteiger partial charge on any atom is 0.244 e. The molecule has 110 valence electrons. The van der Waals surface area contributed by atoms with Gasteiger partial charge in [0, 0.05) is 11.1 Å². The van der Waals surface area contributed by atoms with Crippen LogP contribution in [0.25, 0.3) is 0 Å². The van der Waals surface area contributed by atoms with Crippen molar-refractivity contribution >= 4 is 15.7 Å². The van der Waals surface area contributed by atoms with E-state index in [0.29, 0.717) is 11.1 Å². The molecular formula is C14H12F2N2O2S. The Morgan fingerprint density at radius 3 is 1.86 bits per heavy atom. The van der Waals surface area contributed by atoms with Crippen molar-refractivity contribution in [3.63, 3.8) is 0 Å². The zero-order valence-electron chi connectivity index (χ0n) is 11.0. The van der Waals surface area contributed by atoms with Crippen molar-refractivity contribution in [3.8, 4) is 0 Å². The van der Waals surface area contributed by atoms with Crippen LogP contribution in [0.5, 0.6) is 0 Å². The van der Waals surface area contributed by atoms with Crippen molar-refractivity contribution in [2.45, 2.75) is 0 Å². The predicted molar refractivity (Wildman–Crippen MR) is 76.4 cm³/mol. The van der Waals surface area contributed by atoms with Gasteiger partial charge in [-0.3, -0.25) is 0 Å². The van der Waals surface area contributed by atoms with Crippen LogP contribution in [0.15, 0.2) is 53.6 Å². The van der Waals surface area contributed by atoms with Gasteiger partial charge >= 0.3 is 0 Å². The van der Waals surface area contributed by atoms with Crippen molar-refractivity contribution in [2.24, 2.45) is 5.10 Å². The Labute approximate surface area is 121 Å². The molecule has 2 aromatic carbocycles. The number of sulfonamides is 1. The third-order valence-electron chi connectivity index (χ3n) is 2.52. The largest absolute Gasteiger partial charge is 0.244 e. The molecule has 0 saturated carbocycles. The lowest BCUT2D eigenvalue weighted by Gasteiger charge is -2.08. The summed E-state index contributed by atoms with van der Waals surface area (Å²) in [5.74, 6) is -1.01. The van der Waals surface area contributed by atoms with Crippen LogP contribution in [0.4, 0.5) is 8.78 Å². The number of hydrogen-bond acceptors (Lipinski definition) is 3. The number of hydrogen-bond donors (Lipinski definition) is 1. The molecule has 0 spiro atoms. The van der Waals surface area contributed by atoms with Gasteiger partial charge in [-0.25, -0.2) is 22.0 Å². The quantitative estimate of drug-likeness (QED) is 0.695. The fraction of sp³-hybridized carbons (Fsp3) is 0.0714. The van der Waals surface area contributed by atoms with E-state index in [2.05, 4.69) is 5.10 Å². The zero-order chi connectivity index (χ0) is 15.5. The first-order chi connectivity index (χ1) is 9.85. The minimum Gasteiger partial charge on any atom is -0.207 e. The highest BCUT2D eigenvalue weighted by molar-refractivity contribution is 7.88. The average Bonchev–Trinajstić information content (AvgIpc) is 2.38. The molecule has 0 atom stereocenters. The van der Waals surface area contributed by atoms with Crippen molar-refractivity contribution < 1.29 is 17.2 Å². The Bertz CT molecular complexity index is 742. The second-order valence-electron chi connectivity index (χ2n) is 4.34. The summed E-state index contributed by atoms with van der Waals surface area (Å²) in [5.41, 5.74) is 0.785. The molecule has 2 aromatic rings. The van der Waals surface area contributed by atoms with Crippen molar-refractivity contribution in [2.75, 3.05) is 6.26 Å². The fourth-order valence-corrected chi connectivity index (χ4v) is 1.95. The van der Waals surface area contributed by atoms with Crippen molar-refractivity contribution in [1.29, 1.82) is 0 Å². The maximum atomic E-state index is 13.3. The van der Waals surface area contributed by atoms with Crippen molar-refractivity contribution in [3.05, 3.63) is 71.3 Å². The first kappa shape index (κ1) is 15.1. The lowest BCUT2D eigenvalue weighted by atomic mass is 10.0. The van der Waals surface area contributed by atoms with Gasteiger partial charge in [-0.1, -0.05) is 24.3 Å². The summed E-state index contributed by atoms with van der Waals surface area (Å²) in [6.45, 7) is 0. The Kier molecular flexibility index (Phi) is 4.32. The first-order valence-electron chi connectivity index (χ1n) is 5.91. The summed E-state index contributed by atoms with van der Waals surface area (Å²) < 4.78 is 49.0. The number of nitrogens with zero attached hydrogens (tertiary/aromatic N) is 1. The van der Waals surface area contributed by atoms with Gasteiger partial charge in [-0.2, -0.15) is 5.10 Å². The molecule has 0 heterocycles. The highest BCUT2D eigenvalue weighted by Gasteiger charge is 2.10. The third-order valence-corrected chi connectivity index (χ3v) is 2.94. The molecular weight excluding hydrogens is 298 g/mol. The van der Waals surface area contributed by atoms with Crippen LogP contribution in [0.1, 0.15) is 11.1 Å². The average molecular weight is 310 g/mol. The summed E-state index contributed by atoms with van der Waals surface area (Å²) in [7, 11) is -3.58. The third kappa shape index (κ3) is 4.35. The summed E-state index contributed by atoms with van der Waals surface area (Å²) in [6, 6.07) is 10.9. The van der Waals surface area contributed by atoms with E-state index in [-0.39, 0.29) is 5.71 Å². The van der Waals surface area contributed by atoms with Crippen LogP contribution in [0.2, 0.25) is 0 Å². The Hall–Kier alpha value is -2.28. The Morgan fingerprint density at radius 1 is 1.00 bits per heavy atom. The van der Waals surface area contributed by atoms with Crippen LogP contribution in [0.3, 0.4) is 0 Å². The van der Waals surface area contributed by atoms with Gasteiger partial charge in [0.2, 0.25) is 10.0 Å². The van der Waals surface area contributed by atoms with Crippen LogP contribution in [0, 0.1) is 11.6 Å². The number of halogens is 2. The van der Waals surface area contributed by atoms with Crippen LogP contribution < -0.4 is 4.83 Å². The summed E-state index contributed by atoms with van der Waals surface area (Å²) >= 11 is 0. The van der Waals surface area contributed by atoms with E-state index >= 15 is 0 Å². The van der Waals surface area contributed by atoms with Crippen LogP contribution in [-0.4, -0.2) is 20.4 Å². The molecule has 1 N–H and O–H groups in total. The summed E-state index contributed by atoms with van der Waals surface area (Å²) in [4.78, 5) is 1.97. The second kappa shape index (κ2) is 6.01. The molecule has 0 aromatic heterocycles. The highest BCUT2D eigenvalue weighted by atomic mass is 32.2. The SMILES string of the molecule is CS(=O)(=O)NN=C(c1cccc(F)c1)c1cccc(F)c1. The molecule has 0 aliphatic heterocycles. The monoisotopic (exact) mass is 310 g/mol. The van der Waals surface area contributed by atoms with Gasteiger partial charge in [0.1, 0.15) is 11.6 Å². The summed E-state index contributed by atoms with van der Waals surface area (Å²) in [5, 5.41) is 3.76. The summed E-state index contributed by atoms with van der Waals surface area (Å²) in [6.07, 6.45) is 0.936. The van der Waals surface area contributed by atoms with E-state index in [1.54, 1.807) is 12.1 Å². The number of nitrogens with one attached hydrogen (secondary N) is 1. The van der Waals surface area contributed by atoms with Crippen LogP contribution >= 0.6 is 0 Å². The molecule has 0 saturated heterocycles. The van der Waals surface area contributed by atoms with E-state index in [1.165, 1.54) is 36.4 Å². The van der Waals surface area contributed by atoms with Gasteiger partial charge in [-0.05, 0) is 24.3 Å². The van der Waals surface area contributed by atoms with Gasteiger partial charge in [0.15, 0.2) is 0 Å². The zero-order valence-corrected chi connectivity index (χ0v) is 11.9. The number of benzene rings is 2. The molecule has 2 rings (SSSR count). The minimum absolute atomic E-state index is 0.124. The topological polar surface area (TPSA) is 58.5 Å². The maximum absolute atomic E-state index is 13.3. The lowest BCUT2D eigenvalue weighted by molar-refractivity contribution is 0.590. The van der Waals surface area contributed by atoms with Gasteiger partial charge in [0.25, 0.3) is 0 Å². The van der Waals surface area contributed by atoms with Gasteiger partial charge < -0.3 is 0 Å². The molecule has 7 heteroatoms. The van der Waals surface area contributed by atoms with E-state index < -0.39 is 21.7 Å². The molecule has 0 aliphatic carbocycles. The van der Waals surface area contributed by atoms with E-state index in [0.717, 1.165) is 6.26 Å². The first-order valence-corrected chi connectivity index (χ1v) is 7.81. The smallest absolute Gasteiger partial charge is 0.207 e. The molecule has 0 amide bonds. The van der Waals surface area contributed by atoms with E-state index in [9.17, 15) is 17.2 Å². The molecule has 4 nitrogen and oxygen atoms in total. The Balaban J connectivity index is 2.54. The number of rotatable bonds is 4. The molecule has 0 radical (unpaired) electrons. The fourth-order valence-electron chi connectivity index (χ4n) is 1.70. The minimum atomic E-state index is -3.58. The molecule has 0 unspecified atom stereocenters. The normalized spacial score (nSPS) is 11.0. The number of hydrazone groups is 1. The second-order valence-corrected chi connectivity index (χ2v) is 6.07. The van der Waals surface area contributed by atoms with E-state index in [4.69, 9.17) is 0 Å². The molecule has 0 fully saturated rings. The van der Waals surface area contributed by atoms with Crippen molar-refractivity contribution in [1.82, 2.24) is 4.83 Å². The van der Waals surface area contributed by atoms with E-state index in [1.807, 2.05) is 4.83 Å². The molecule has 0 aliphatic rings.